The minimum Gasteiger partial charge on any atom is -0.457 e. The third-order valence-electron chi connectivity index (χ3n) is 4.16. The van der Waals surface area contributed by atoms with Crippen molar-refractivity contribution >= 4 is 24.5 Å². The zero-order valence-corrected chi connectivity index (χ0v) is 15.9. The first kappa shape index (κ1) is 21.0. The Morgan fingerprint density at radius 1 is 0.750 bits per heavy atom. The van der Waals surface area contributed by atoms with Crippen molar-refractivity contribution in [1.82, 2.24) is 0 Å². The van der Waals surface area contributed by atoms with Gasteiger partial charge in [0.1, 0.15) is 11.5 Å². The van der Waals surface area contributed by atoms with Gasteiger partial charge in [-0.25, -0.2) is 9.59 Å². The van der Waals surface area contributed by atoms with Gasteiger partial charge in [0.2, 0.25) is 0 Å². The maximum absolute atomic E-state index is 11.5. The van der Waals surface area contributed by atoms with Gasteiger partial charge in [-0.1, -0.05) is 39.5 Å². The van der Waals surface area contributed by atoms with Crippen LogP contribution in [-0.2, 0) is 4.74 Å². The minimum atomic E-state index is -0.727. The molecule has 6 heteroatoms. The van der Waals surface area contributed by atoms with Crippen molar-refractivity contribution in [1.29, 1.82) is 0 Å². The number of aldehydes is 2. The molecular weight excluding hydrogens is 360 g/mol. The standard InChI is InChI=1S/C16H8O6.C4H8.C2H6/c17-7-9-1-2-11(5-10(9)8-18)21-12-3-4-13-14(6-12)16(20)22-15(13)19;1-2-4-3-1;1-2/h1-8H;1-4H2;1-2H3. The molecule has 1 heterocycles. The molecule has 6 nitrogen and oxygen atoms in total. The second-order valence-corrected chi connectivity index (χ2v) is 5.93. The van der Waals surface area contributed by atoms with Crippen molar-refractivity contribution in [2.75, 3.05) is 0 Å². The molecule has 1 fully saturated rings. The molecule has 1 aliphatic heterocycles. The largest absolute Gasteiger partial charge is 0.457 e. The summed E-state index contributed by atoms with van der Waals surface area (Å²) in [6.45, 7) is 4.00. The van der Waals surface area contributed by atoms with Crippen LogP contribution in [0.15, 0.2) is 36.4 Å². The van der Waals surface area contributed by atoms with Crippen LogP contribution in [0.25, 0.3) is 0 Å². The molecule has 0 spiro atoms. The van der Waals surface area contributed by atoms with E-state index >= 15 is 0 Å². The highest BCUT2D eigenvalue weighted by atomic mass is 16.6. The Bertz CT molecular complexity index is 877. The van der Waals surface area contributed by atoms with Gasteiger partial charge >= 0.3 is 11.9 Å². The van der Waals surface area contributed by atoms with Crippen LogP contribution in [0.3, 0.4) is 0 Å². The summed E-state index contributed by atoms with van der Waals surface area (Å²) < 4.78 is 10.0. The number of benzene rings is 2. The van der Waals surface area contributed by atoms with Crippen LogP contribution >= 0.6 is 0 Å². The van der Waals surface area contributed by atoms with Gasteiger partial charge in [-0.3, -0.25) is 9.59 Å². The molecule has 0 radical (unpaired) electrons. The SMILES string of the molecule is C1CCC1.CC.O=Cc1ccc(Oc2ccc3c(c2)C(=O)OC3=O)cc1C=O. The summed E-state index contributed by atoms with van der Waals surface area (Å²) in [5.41, 5.74) is 0.763. The average molecular weight is 382 g/mol. The highest BCUT2D eigenvalue weighted by Gasteiger charge is 2.29. The first-order valence-electron chi connectivity index (χ1n) is 9.25. The van der Waals surface area contributed by atoms with E-state index in [1.165, 1.54) is 62.1 Å². The normalized spacial score (nSPS) is 13.5. The molecule has 0 bridgehead atoms. The second-order valence-electron chi connectivity index (χ2n) is 5.93. The number of cyclic esters (lactones) is 2. The van der Waals surface area contributed by atoms with Gasteiger partial charge in [-0.15, -0.1) is 0 Å². The van der Waals surface area contributed by atoms with E-state index in [-0.39, 0.29) is 22.3 Å². The highest BCUT2D eigenvalue weighted by Crippen LogP contribution is 2.28. The van der Waals surface area contributed by atoms with Crippen LogP contribution in [0.5, 0.6) is 11.5 Å². The summed E-state index contributed by atoms with van der Waals surface area (Å²) in [7, 11) is 0. The van der Waals surface area contributed by atoms with E-state index in [1.54, 1.807) is 0 Å². The van der Waals surface area contributed by atoms with E-state index in [2.05, 4.69) is 4.74 Å². The van der Waals surface area contributed by atoms with Crippen molar-refractivity contribution in [3.8, 4) is 11.5 Å². The fourth-order valence-electron chi connectivity index (χ4n) is 2.34. The molecule has 0 atom stereocenters. The van der Waals surface area contributed by atoms with Crippen LogP contribution < -0.4 is 4.74 Å². The van der Waals surface area contributed by atoms with Gasteiger partial charge in [0.25, 0.3) is 0 Å². The number of ether oxygens (including phenoxy) is 2. The molecule has 2 aromatic rings. The molecule has 0 unspecified atom stereocenters. The molecule has 0 saturated heterocycles. The third-order valence-corrected chi connectivity index (χ3v) is 4.16. The third kappa shape index (κ3) is 4.91. The second kappa shape index (κ2) is 10.2. The van der Waals surface area contributed by atoms with Crippen molar-refractivity contribution in [2.45, 2.75) is 39.5 Å². The summed E-state index contributed by atoms with van der Waals surface area (Å²) in [6, 6.07) is 8.71. The topological polar surface area (TPSA) is 86.7 Å². The molecule has 0 amide bonds. The fourth-order valence-corrected chi connectivity index (χ4v) is 2.34. The summed E-state index contributed by atoms with van der Waals surface area (Å²) in [5.74, 6) is -0.785. The quantitative estimate of drug-likeness (QED) is 0.420. The maximum atomic E-state index is 11.5. The van der Waals surface area contributed by atoms with Crippen LogP contribution in [0.4, 0.5) is 0 Å². The number of hydrogen-bond acceptors (Lipinski definition) is 6. The van der Waals surface area contributed by atoms with Crippen molar-refractivity contribution < 1.29 is 28.7 Å². The predicted molar refractivity (Wildman–Crippen MR) is 103 cm³/mol. The molecule has 4 rings (SSSR count). The number of hydrogen-bond donors (Lipinski definition) is 0. The van der Waals surface area contributed by atoms with Gasteiger partial charge in [0.15, 0.2) is 12.6 Å². The van der Waals surface area contributed by atoms with Crippen molar-refractivity contribution in [2.24, 2.45) is 0 Å². The van der Waals surface area contributed by atoms with E-state index < -0.39 is 11.9 Å². The highest BCUT2D eigenvalue weighted by molar-refractivity contribution is 6.14. The molecule has 0 N–H and O–H groups in total. The van der Waals surface area contributed by atoms with E-state index in [0.717, 1.165) is 0 Å². The fraction of sp³-hybridized carbons (Fsp3) is 0.273. The summed E-state index contributed by atoms with van der Waals surface area (Å²) in [6.07, 6.45) is 7.12. The lowest BCUT2D eigenvalue weighted by Crippen LogP contribution is -1.97. The summed E-state index contributed by atoms with van der Waals surface area (Å²) >= 11 is 0. The minimum absolute atomic E-state index is 0.127. The Morgan fingerprint density at radius 3 is 1.86 bits per heavy atom. The monoisotopic (exact) mass is 382 g/mol. The molecule has 1 aliphatic carbocycles. The number of esters is 2. The smallest absolute Gasteiger partial charge is 0.347 e. The number of fused-ring (bicyclic) bond motifs is 1. The van der Waals surface area contributed by atoms with E-state index in [9.17, 15) is 19.2 Å². The molecule has 2 aromatic carbocycles. The van der Waals surface area contributed by atoms with Gasteiger partial charge in [0.05, 0.1) is 11.1 Å². The molecule has 2 aliphatic rings. The van der Waals surface area contributed by atoms with Gasteiger partial charge in [0, 0.05) is 11.1 Å². The number of carbonyl (C=O) groups excluding carboxylic acids is 4. The Hall–Kier alpha value is -3.28. The summed E-state index contributed by atoms with van der Waals surface area (Å²) in [5, 5.41) is 0. The Labute approximate surface area is 163 Å². The van der Waals surface area contributed by atoms with Crippen molar-refractivity contribution in [3.05, 3.63) is 58.7 Å². The number of carbonyl (C=O) groups is 4. The molecule has 146 valence electrons. The predicted octanol–water partition coefficient (Wildman–Crippen LogP) is 5.00. The van der Waals surface area contributed by atoms with Gasteiger partial charge in [-0.05, 0) is 36.4 Å². The molecular formula is C22H22O6. The van der Waals surface area contributed by atoms with Crippen LogP contribution in [-0.4, -0.2) is 24.5 Å². The zero-order chi connectivity index (χ0) is 20.5. The molecule has 28 heavy (non-hydrogen) atoms. The van der Waals surface area contributed by atoms with E-state index in [4.69, 9.17) is 4.74 Å². The lowest BCUT2D eigenvalue weighted by atomic mass is 10.0. The van der Waals surface area contributed by atoms with Crippen LogP contribution in [0, 0.1) is 0 Å². The van der Waals surface area contributed by atoms with Crippen LogP contribution in [0.2, 0.25) is 0 Å². The first-order valence-corrected chi connectivity index (χ1v) is 9.25. The van der Waals surface area contributed by atoms with E-state index in [0.29, 0.717) is 24.1 Å². The van der Waals surface area contributed by atoms with Gasteiger partial charge in [-0.2, -0.15) is 0 Å². The maximum Gasteiger partial charge on any atom is 0.347 e. The lowest BCUT2D eigenvalue weighted by Gasteiger charge is -2.07. The average Bonchev–Trinajstić information content (AvgIpc) is 2.95. The van der Waals surface area contributed by atoms with Crippen LogP contribution in [0.1, 0.15) is 81.0 Å². The zero-order valence-electron chi connectivity index (χ0n) is 15.9. The molecule has 0 aromatic heterocycles. The Morgan fingerprint density at radius 2 is 1.29 bits per heavy atom. The number of rotatable bonds is 4. The Balaban J connectivity index is 0.000000406. The lowest BCUT2D eigenvalue weighted by molar-refractivity contribution is 0.0443. The van der Waals surface area contributed by atoms with Crippen molar-refractivity contribution in [3.63, 3.8) is 0 Å². The van der Waals surface area contributed by atoms with E-state index in [1.807, 2.05) is 13.8 Å². The Kier molecular flexibility index (Phi) is 7.63. The van der Waals surface area contributed by atoms with Gasteiger partial charge < -0.3 is 9.47 Å². The first-order chi connectivity index (χ1) is 13.6. The molecule has 1 saturated carbocycles. The summed E-state index contributed by atoms with van der Waals surface area (Å²) in [4.78, 5) is 44.5.